The molecule has 0 aliphatic carbocycles. The summed E-state index contributed by atoms with van der Waals surface area (Å²) in [5, 5.41) is 10.4. The Hall–Kier alpha value is -3.16. The molecule has 0 fully saturated rings. The van der Waals surface area contributed by atoms with Crippen molar-refractivity contribution in [2.24, 2.45) is 0 Å². The van der Waals surface area contributed by atoms with E-state index in [9.17, 15) is 31.1 Å². The molecule has 0 atom stereocenters. The van der Waals surface area contributed by atoms with Gasteiger partial charge in [-0.15, -0.1) is 10.2 Å². The van der Waals surface area contributed by atoms with Crippen LogP contribution in [0.15, 0.2) is 41.9 Å². The van der Waals surface area contributed by atoms with Crippen molar-refractivity contribution >= 4 is 23.4 Å². The largest absolute Gasteiger partial charge is 0.416 e. The lowest BCUT2D eigenvalue weighted by molar-refractivity contribution is -0.143. The van der Waals surface area contributed by atoms with Crippen LogP contribution in [0, 0.1) is 0 Å². The van der Waals surface area contributed by atoms with Crippen molar-refractivity contribution in [1.29, 1.82) is 0 Å². The number of alkyl halides is 6. The van der Waals surface area contributed by atoms with E-state index >= 15 is 0 Å². The van der Waals surface area contributed by atoms with Gasteiger partial charge in [0.15, 0.2) is 11.0 Å². The number of aromatic nitrogens is 5. The predicted octanol–water partition coefficient (Wildman–Crippen LogP) is 4.52. The highest BCUT2D eigenvalue weighted by Gasteiger charge is 2.37. The van der Waals surface area contributed by atoms with Crippen LogP contribution in [0.3, 0.4) is 0 Å². The summed E-state index contributed by atoms with van der Waals surface area (Å²) in [7, 11) is 0. The molecule has 170 valence electrons. The van der Waals surface area contributed by atoms with Crippen LogP contribution in [-0.4, -0.2) is 36.4 Å². The van der Waals surface area contributed by atoms with Gasteiger partial charge < -0.3 is 9.88 Å². The van der Waals surface area contributed by atoms with Gasteiger partial charge in [-0.3, -0.25) is 9.78 Å². The molecule has 2 aromatic heterocycles. The normalized spacial score (nSPS) is 12.1. The van der Waals surface area contributed by atoms with Gasteiger partial charge in [-0.25, -0.2) is 4.98 Å². The Balaban J connectivity index is 1.75. The summed E-state index contributed by atoms with van der Waals surface area (Å²) < 4.78 is 79.4. The molecular weight excluding hydrogens is 462 g/mol. The summed E-state index contributed by atoms with van der Waals surface area (Å²) in [5.41, 5.74) is -3.21. The van der Waals surface area contributed by atoms with Crippen LogP contribution in [0.25, 0.3) is 11.5 Å². The summed E-state index contributed by atoms with van der Waals surface area (Å²) in [5.74, 6) is -0.735. The monoisotopic (exact) mass is 476 g/mol. The molecule has 32 heavy (non-hydrogen) atoms. The van der Waals surface area contributed by atoms with E-state index in [1.165, 1.54) is 18.6 Å². The second-order valence-electron chi connectivity index (χ2n) is 6.27. The average Bonchev–Trinajstić information content (AvgIpc) is 3.14. The van der Waals surface area contributed by atoms with Crippen LogP contribution in [0.5, 0.6) is 0 Å². The van der Waals surface area contributed by atoms with Crippen molar-refractivity contribution in [2.45, 2.75) is 31.0 Å². The molecule has 2 heterocycles. The summed E-state index contributed by atoms with van der Waals surface area (Å²) in [6, 6.07) is 0.874. The average molecular weight is 476 g/mol. The fourth-order valence-electron chi connectivity index (χ4n) is 2.64. The fourth-order valence-corrected chi connectivity index (χ4v) is 3.44. The molecule has 0 aliphatic rings. The van der Waals surface area contributed by atoms with Crippen molar-refractivity contribution in [1.82, 2.24) is 24.7 Å². The number of carbonyl (C=O) groups is 1. The van der Waals surface area contributed by atoms with Gasteiger partial charge in [0.1, 0.15) is 5.69 Å². The molecular formula is C18H14F6N6OS. The Labute approximate surface area is 181 Å². The quantitative estimate of drug-likeness (QED) is 0.416. The minimum Gasteiger partial charge on any atom is -0.325 e. The molecule has 1 amide bonds. The third-order valence-corrected chi connectivity index (χ3v) is 5.00. The molecule has 0 radical (unpaired) electrons. The summed E-state index contributed by atoms with van der Waals surface area (Å²) >= 11 is 0.919. The molecule has 14 heteroatoms. The molecule has 1 N–H and O–H groups in total. The Bertz CT molecular complexity index is 1070. The first-order valence-corrected chi connectivity index (χ1v) is 9.89. The molecule has 0 bridgehead atoms. The maximum Gasteiger partial charge on any atom is 0.416 e. The van der Waals surface area contributed by atoms with Gasteiger partial charge in [0, 0.05) is 24.6 Å². The topological polar surface area (TPSA) is 85.6 Å². The minimum absolute atomic E-state index is 0.0118. The number of anilines is 1. The standard InChI is InChI=1S/C18H14F6N6OS/c1-2-30-15(13-8-25-3-4-26-13)28-29-16(30)32-9-14(31)27-12-6-10(17(19,20)21)5-11(7-12)18(22,23)24/h3-8H,2,9H2,1H3,(H,27,31). The number of halogens is 6. The van der Waals surface area contributed by atoms with Gasteiger partial charge >= 0.3 is 12.4 Å². The number of hydrogen-bond donors (Lipinski definition) is 1. The summed E-state index contributed by atoms with van der Waals surface area (Å²) in [4.78, 5) is 20.3. The zero-order chi connectivity index (χ0) is 23.5. The van der Waals surface area contributed by atoms with E-state index in [1.54, 1.807) is 11.5 Å². The molecule has 0 saturated heterocycles. The molecule has 0 unspecified atom stereocenters. The minimum atomic E-state index is -5.01. The van der Waals surface area contributed by atoms with Gasteiger partial charge in [0.05, 0.1) is 23.1 Å². The Morgan fingerprint density at radius 3 is 2.22 bits per heavy atom. The fraction of sp³-hybridized carbons (Fsp3) is 0.278. The number of nitrogens with one attached hydrogen (secondary N) is 1. The summed E-state index contributed by atoms with van der Waals surface area (Å²) in [6.45, 7) is 2.22. The maximum atomic E-state index is 13.0. The van der Waals surface area contributed by atoms with Crippen molar-refractivity contribution in [3.63, 3.8) is 0 Å². The van der Waals surface area contributed by atoms with Gasteiger partial charge in [-0.2, -0.15) is 26.3 Å². The number of hydrogen-bond acceptors (Lipinski definition) is 6. The van der Waals surface area contributed by atoms with E-state index in [-0.39, 0.29) is 11.8 Å². The molecule has 3 rings (SSSR count). The molecule has 0 saturated carbocycles. The highest BCUT2D eigenvalue weighted by Crippen LogP contribution is 2.37. The molecule has 1 aromatic carbocycles. The Morgan fingerprint density at radius 2 is 1.69 bits per heavy atom. The van der Waals surface area contributed by atoms with Gasteiger partial charge in [-0.1, -0.05) is 11.8 Å². The number of nitrogens with zero attached hydrogens (tertiary/aromatic N) is 5. The number of rotatable bonds is 6. The highest BCUT2D eigenvalue weighted by atomic mass is 32.2. The van der Waals surface area contributed by atoms with E-state index in [0.717, 1.165) is 11.8 Å². The van der Waals surface area contributed by atoms with E-state index in [0.29, 0.717) is 35.4 Å². The number of thioether (sulfide) groups is 1. The van der Waals surface area contributed by atoms with Crippen molar-refractivity contribution in [2.75, 3.05) is 11.1 Å². The molecule has 0 spiro atoms. The van der Waals surface area contributed by atoms with Crippen molar-refractivity contribution in [3.8, 4) is 11.5 Å². The first kappa shape index (κ1) is 23.5. The third-order valence-electron chi connectivity index (χ3n) is 4.03. The van der Waals surface area contributed by atoms with Gasteiger partial charge in [-0.05, 0) is 25.1 Å². The lowest BCUT2D eigenvalue weighted by atomic mass is 10.1. The number of benzene rings is 1. The first-order chi connectivity index (χ1) is 15.0. The zero-order valence-corrected chi connectivity index (χ0v) is 17.0. The van der Waals surface area contributed by atoms with Gasteiger partial charge in [0.2, 0.25) is 5.91 Å². The van der Waals surface area contributed by atoms with Crippen LogP contribution >= 0.6 is 11.8 Å². The maximum absolute atomic E-state index is 13.0. The molecule has 3 aromatic rings. The van der Waals surface area contributed by atoms with Crippen molar-refractivity contribution < 1.29 is 31.1 Å². The molecule has 0 aliphatic heterocycles. The Morgan fingerprint density at radius 1 is 1.03 bits per heavy atom. The van der Waals surface area contributed by atoms with Crippen LogP contribution < -0.4 is 5.32 Å². The third kappa shape index (κ3) is 5.55. The lowest BCUT2D eigenvalue weighted by Gasteiger charge is -2.14. The SMILES string of the molecule is CCn1c(SCC(=O)Nc2cc(C(F)(F)F)cc(C(F)(F)F)c2)nnc1-c1cnccn1. The van der Waals surface area contributed by atoms with Crippen molar-refractivity contribution in [3.05, 3.63) is 47.9 Å². The first-order valence-electron chi connectivity index (χ1n) is 8.90. The van der Waals surface area contributed by atoms with Crippen LogP contribution in [0.2, 0.25) is 0 Å². The number of amides is 1. The predicted molar refractivity (Wildman–Crippen MR) is 103 cm³/mol. The number of carbonyl (C=O) groups excluding carboxylic acids is 1. The van der Waals surface area contributed by atoms with E-state index < -0.39 is 35.1 Å². The second kappa shape index (κ2) is 9.14. The highest BCUT2D eigenvalue weighted by molar-refractivity contribution is 7.99. The van der Waals surface area contributed by atoms with E-state index in [2.05, 4.69) is 25.5 Å². The van der Waals surface area contributed by atoms with Gasteiger partial charge in [0.25, 0.3) is 0 Å². The van der Waals surface area contributed by atoms with Crippen LogP contribution in [0.4, 0.5) is 32.0 Å². The zero-order valence-electron chi connectivity index (χ0n) is 16.2. The smallest absolute Gasteiger partial charge is 0.325 e. The van der Waals surface area contributed by atoms with Crippen LogP contribution in [0.1, 0.15) is 18.1 Å². The Kier molecular flexibility index (Phi) is 6.71. The lowest BCUT2D eigenvalue weighted by Crippen LogP contribution is -2.17. The summed E-state index contributed by atoms with van der Waals surface area (Å²) in [6.07, 6.45) is -5.60. The molecule has 7 nitrogen and oxygen atoms in total. The van der Waals surface area contributed by atoms with E-state index in [4.69, 9.17) is 0 Å². The van der Waals surface area contributed by atoms with Crippen LogP contribution in [-0.2, 0) is 23.7 Å². The van der Waals surface area contributed by atoms with E-state index in [1.807, 2.05) is 0 Å². The second-order valence-corrected chi connectivity index (χ2v) is 7.21.